The third-order valence-corrected chi connectivity index (χ3v) is 8.44. The van der Waals surface area contributed by atoms with Gasteiger partial charge in [0.2, 0.25) is 5.91 Å². The maximum atomic E-state index is 13.5. The number of hydrogen-bond acceptors (Lipinski definition) is 6. The molecule has 242 valence electrons. The van der Waals surface area contributed by atoms with Crippen molar-refractivity contribution >= 4 is 45.4 Å². The fourth-order valence-electron chi connectivity index (χ4n) is 5.37. The molecule has 11 heteroatoms. The first-order chi connectivity index (χ1) is 22.7. The summed E-state index contributed by atoms with van der Waals surface area (Å²) in [5, 5.41) is 20.5. The van der Waals surface area contributed by atoms with Crippen LogP contribution in [0.25, 0.3) is 10.8 Å². The second kappa shape index (κ2) is 15.3. The molecule has 0 bridgehead atoms. The highest BCUT2D eigenvalue weighted by atomic mass is 32.1. The minimum Gasteiger partial charge on any atom is -0.497 e. The standard InChI is InChI=1S/C36H38N6O4S/c1-25(2)34(39-35(43)19-31-20-37-24-41(31)21-26-11-15-30(16-12-26)42(44)45)23-40(36(47)38-29-13-17-32(46-3)18-14-29)22-28-9-6-8-27-7-4-5-10-33(27)28/h4-18,20,24-25,34H,19,21-23H2,1-3H3,(H,38,47)(H,39,43)/t34-/m1/s1. The van der Waals surface area contributed by atoms with Gasteiger partial charge in [0.1, 0.15) is 5.75 Å². The maximum absolute atomic E-state index is 13.5. The number of nitrogens with one attached hydrogen (secondary N) is 2. The van der Waals surface area contributed by atoms with Gasteiger partial charge in [0.15, 0.2) is 5.11 Å². The van der Waals surface area contributed by atoms with Crippen LogP contribution in [0.1, 0.15) is 30.7 Å². The summed E-state index contributed by atoms with van der Waals surface area (Å²) in [5.74, 6) is 0.738. The monoisotopic (exact) mass is 650 g/mol. The quantitative estimate of drug-likeness (QED) is 0.0834. The molecule has 5 rings (SSSR count). The lowest BCUT2D eigenvalue weighted by atomic mass is 10.0. The van der Waals surface area contributed by atoms with E-state index in [2.05, 4.69) is 64.7 Å². The molecule has 0 aliphatic heterocycles. The van der Waals surface area contributed by atoms with Gasteiger partial charge < -0.3 is 24.8 Å². The zero-order valence-corrected chi connectivity index (χ0v) is 27.4. The average Bonchev–Trinajstić information content (AvgIpc) is 3.50. The summed E-state index contributed by atoms with van der Waals surface area (Å²) >= 11 is 5.98. The van der Waals surface area contributed by atoms with Crippen molar-refractivity contribution in [3.63, 3.8) is 0 Å². The summed E-state index contributed by atoms with van der Waals surface area (Å²) in [6.45, 7) is 5.64. The Bertz CT molecular complexity index is 1830. The van der Waals surface area contributed by atoms with Gasteiger partial charge >= 0.3 is 0 Å². The van der Waals surface area contributed by atoms with Gasteiger partial charge in [-0.2, -0.15) is 0 Å². The third-order valence-electron chi connectivity index (χ3n) is 8.08. The molecule has 4 aromatic carbocycles. The summed E-state index contributed by atoms with van der Waals surface area (Å²) in [4.78, 5) is 30.4. The van der Waals surface area contributed by atoms with Crippen molar-refractivity contribution in [1.29, 1.82) is 0 Å². The number of aromatic nitrogens is 2. The molecule has 2 N–H and O–H groups in total. The molecule has 1 heterocycles. The summed E-state index contributed by atoms with van der Waals surface area (Å²) in [6.07, 6.45) is 3.48. The molecule has 0 spiro atoms. The van der Waals surface area contributed by atoms with E-state index in [9.17, 15) is 14.9 Å². The number of nitrogens with zero attached hydrogens (tertiary/aromatic N) is 4. The molecule has 1 aromatic heterocycles. The summed E-state index contributed by atoms with van der Waals surface area (Å²) in [6, 6.07) is 28.3. The highest BCUT2D eigenvalue weighted by molar-refractivity contribution is 7.80. The van der Waals surface area contributed by atoms with Crippen molar-refractivity contribution < 1.29 is 14.5 Å². The van der Waals surface area contributed by atoms with E-state index in [0.29, 0.717) is 24.7 Å². The molecule has 0 fully saturated rings. The first kappa shape index (κ1) is 33.1. The van der Waals surface area contributed by atoms with Crippen LogP contribution in [0.5, 0.6) is 5.75 Å². The van der Waals surface area contributed by atoms with E-state index >= 15 is 0 Å². The van der Waals surface area contributed by atoms with Crippen LogP contribution in [0.2, 0.25) is 0 Å². The molecule has 0 aliphatic carbocycles. The van der Waals surface area contributed by atoms with Gasteiger partial charge in [-0.3, -0.25) is 14.9 Å². The first-order valence-corrected chi connectivity index (χ1v) is 15.8. The molecular formula is C36H38N6O4S. The van der Waals surface area contributed by atoms with Crippen molar-refractivity contribution in [2.75, 3.05) is 19.0 Å². The Morgan fingerprint density at radius 2 is 1.74 bits per heavy atom. The van der Waals surface area contributed by atoms with Gasteiger partial charge in [-0.15, -0.1) is 0 Å². The largest absolute Gasteiger partial charge is 0.497 e. The number of thiocarbonyl (C=S) groups is 1. The second-order valence-electron chi connectivity index (χ2n) is 11.7. The fraction of sp³-hybridized carbons (Fsp3) is 0.250. The molecule has 5 aromatic rings. The van der Waals surface area contributed by atoms with E-state index < -0.39 is 4.92 Å². The topological polar surface area (TPSA) is 115 Å². The van der Waals surface area contributed by atoms with Gasteiger partial charge in [-0.25, -0.2) is 4.98 Å². The van der Waals surface area contributed by atoms with Crippen molar-refractivity contribution in [3.8, 4) is 5.75 Å². The van der Waals surface area contributed by atoms with E-state index in [4.69, 9.17) is 17.0 Å². The summed E-state index contributed by atoms with van der Waals surface area (Å²) in [5.41, 5.74) is 3.62. The number of imidazole rings is 1. The van der Waals surface area contributed by atoms with Crippen LogP contribution in [-0.2, 0) is 24.3 Å². The number of hydrogen-bond donors (Lipinski definition) is 2. The lowest BCUT2D eigenvalue weighted by Gasteiger charge is -2.33. The number of amides is 1. The molecule has 47 heavy (non-hydrogen) atoms. The van der Waals surface area contributed by atoms with Crippen LogP contribution in [0.4, 0.5) is 11.4 Å². The van der Waals surface area contributed by atoms with Crippen LogP contribution in [0, 0.1) is 16.0 Å². The fourth-order valence-corrected chi connectivity index (χ4v) is 5.63. The van der Waals surface area contributed by atoms with Crippen molar-refractivity contribution in [2.45, 2.75) is 39.4 Å². The molecule has 10 nitrogen and oxygen atoms in total. The van der Waals surface area contributed by atoms with Crippen LogP contribution in [0.3, 0.4) is 0 Å². The SMILES string of the molecule is COc1ccc(NC(=S)N(Cc2cccc3ccccc23)C[C@@H](NC(=O)Cc2cncn2Cc2ccc([N+](=O)[O-])cc2)C(C)C)cc1. The molecular weight excluding hydrogens is 613 g/mol. The smallest absolute Gasteiger partial charge is 0.269 e. The number of carbonyl (C=O) groups is 1. The number of carbonyl (C=O) groups excluding carboxylic acids is 1. The Labute approximate surface area is 279 Å². The molecule has 1 atom stereocenters. The Morgan fingerprint density at radius 3 is 2.45 bits per heavy atom. The number of nitro groups is 1. The van der Waals surface area contributed by atoms with E-state index in [1.165, 1.54) is 12.1 Å². The number of rotatable bonds is 13. The minimum absolute atomic E-state index is 0.0342. The van der Waals surface area contributed by atoms with E-state index in [1.807, 2.05) is 41.0 Å². The van der Waals surface area contributed by atoms with Crippen LogP contribution >= 0.6 is 12.2 Å². The Balaban J connectivity index is 1.32. The predicted molar refractivity (Wildman–Crippen MR) is 188 cm³/mol. The summed E-state index contributed by atoms with van der Waals surface area (Å²) < 4.78 is 7.19. The van der Waals surface area contributed by atoms with Gasteiger partial charge in [-0.1, -0.05) is 68.4 Å². The van der Waals surface area contributed by atoms with Crippen molar-refractivity contribution in [3.05, 3.63) is 130 Å². The number of nitro benzene ring substituents is 1. The van der Waals surface area contributed by atoms with Crippen molar-refractivity contribution in [2.24, 2.45) is 5.92 Å². The summed E-state index contributed by atoms with van der Waals surface area (Å²) in [7, 11) is 1.63. The number of methoxy groups -OCH3 is 1. The molecule has 0 unspecified atom stereocenters. The maximum Gasteiger partial charge on any atom is 0.269 e. The van der Waals surface area contributed by atoms with Gasteiger partial charge in [-0.05, 0) is 64.3 Å². The first-order valence-electron chi connectivity index (χ1n) is 15.4. The predicted octanol–water partition coefficient (Wildman–Crippen LogP) is 6.58. The van der Waals surface area contributed by atoms with E-state index in [-0.39, 0.29) is 30.0 Å². The average molecular weight is 651 g/mol. The lowest BCUT2D eigenvalue weighted by molar-refractivity contribution is -0.384. The van der Waals surface area contributed by atoms with E-state index in [1.54, 1.807) is 31.8 Å². The van der Waals surface area contributed by atoms with Crippen LogP contribution in [-0.4, -0.2) is 50.1 Å². The lowest BCUT2D eigenvalue weighted by Crippen LogP contribution is -2.49. The molecule has 0 saturated heterocycles. The van der Waals surface area contributed by atoms with Crippen LogP contribution in [0.15, 0.2) is 104 Å². The number of benzene rings is 4. The molecule has 0 saturated carbocycles. The van der Waals surface area contributed by atoms with Crippen molar-refractivity contribution in [1.82, 2.24) is 19.8 Å². The molecule has 0 aliphatic rings. The molecule has 0 radical (unpaired) electrons. The van der Waals surface area contributed by atoms with Gasteiger partial charge in [0.05, 0.1) is 24.8 Å². The van der Waals surface area contributed by atoms with Gasteiger partial charge in [0, 0.05) is 55.4 Å². The normalized spacial score (nSPS) is 11.7. The Hall–Kier alpha value is -5.29. The number of fused-ring (bicyclic) bond motifs is 1. The van der Waals surface area contributed by atoms with Crippen LogP contribution < -0.4 is 15.4 Å². The Morgan fingerprint density at radius 1 is 1.02 bits per heavy atom. The minimum atomic E-state index is -0.424. The number of non-ortho nitro benzene ring substituents is 1. The molecule has 1 amide bonds. The van der Waals surface area contributed by atoms with E-state index in [0.717, 1.165) is 39.0 Å². The highest BCUT2D eigenvalue weighted by Crippen LogP contribution is 2.22. The zero-order valence-electron chi connectivity index (χ0n) is 26.6. The highest BCUT2D eigenvalue weighted by Gasteiger charge is 2.23. The van der Waals surface area contributed by atoms with Gasteiger partial charge in [0.25, 0.3) is 5.69 Å². The zero-order chi connectivity index (χ0) is 33.3. The Kier molecular flexibility index (Phi) is 10.8. The second-order valence-corrected chi connectivity index (χ2v) is 12.1. The number of ether oxygens (including phenoxy) is 1. The number of anilines is 1. The third kappa shape index (κ3) is 8.71.